The van der Waals surface area contributed by atoms with Gasteiger partial charge in [-0.05, 0) is 36.4 Å². The fourth-order valence-electron chi connectivity index (χ4n) is 3.95. The van der Waals surface area contributed by atoms with E-state index >= 15 is 0 Å². The van der Waals surface area contributed by atoms with Crippen LogP contribution in [0.1, 0.15) is 10.4 Å². The van der Waals surface area contributed by atoms with E-state index in [9.17, 15) is 14.9 Å². The molecule has 4 aromatic rings. The smallest absolute Gasteiger partial charge is 0.269 e. The van der Waals surface area contributed by atoms with E-state index < -0.39 is 4.92 Å². The molecule has 0 unspecified atom stereocenters. The maximum Gasteiger partial charge on any atom is 0.269 e. The zero-order valence-corrected chi connectivity index (χ0v) is 17.7. The van der Waals surface area contributed by atoms with Crippen LogP contribution in [-0.2, 0) is 0 Å². The number of amides is 1. The third-order valence-electron chi connectivity index (χ3n) is 5.69. The number of para-hydroxylation sites is 1. The molecule has 0 N–H and O–H groups in total. The molecular formula is C24H20N6O3. The summed E-state index contributed by atoms with van der Waals surface area (Å²) in [6.07, 6.45) is 3.46. The number of carbonyl (C=O) groups excluding carboxylic acids is 1. The van der Waals surface area contributed by atoms with Gasteiger partial charge in [0, 0.05) is 67.2 Å². The van der Waals surface area contributed by atoms with Crippen LogP contribution in [0.2, 0.25) is 0 Å². The molecular weight excluding hydrogens is 420 g/mol. The quantitative estimate of drug-likeness (QED) is 0.353. The van der Waals surface area contributed by atoms with Crippen molar-refractivity contribution in [2.75, 3.05) is 31.1 Å². The first-order valence-corrected chi connectivity index (χ1v) is 10.6. The Bertz CT molecular complexity index is 1320. The van der Waals surface area contributed by atoms with Crippen molar-refractivity contribution in [2.24, 2.45) is 0 Å². The zero-order valence-electron chi connectivity index (χ0n) is 17.7. The van der Waals surface area contributed by atoms with E-state index in [1.807, 2.05) is 36.4 Å². The van der Waals surface area contributed by atoms with Gasteiger partial charge in [-0.15, -0.1) is 0 Å². The average Bonchev–Trinajstić information content (AvgIpc) is 2.88. The zero-order chi connectivity index (χ0) is 22.8. The molecule has 0 spiro atoms. The van der Waals surface area contributed by atoms with Crippen LogP contribution in [0.4, 0.5) is 11.5 Å². The van der Waals surface area contributed by atoms with Gasteiger partial charge >= 0.3 is 0 Å². The third kappa shape index (κ3) is 4.08. The molecule has 0 saturated carbocycles. The number of hydrogen-bond acceptors (Lipinski definition) is 7. The maximum atomic E-state index is 12.9. The minimum absolute atomic E-state index is 0.0311. The maximum absolute atomic E-state index is 12.9. The third-order valence-corrected chi connectivity index (χ3v) is 5.69. The molecule has 33 heavy (non-hydrogen) atoms. The SMILES string of the molecule is O=C(c1ccc([N+](=O)[O-])cc1)N1CCN(c2nc(-c3cccnc3)nc3ccccc23)CC1. The molecule has 3 heterocycles. The van der Waals surface area contributed by atoms with Crippen molar-refractivity contribution in [1.82, 2.24) is 19.9 Å². The normalized spacial score (nSPS) is 13.8. The summed E-state index contributed by atoms with van der Waals surface area (Å²) in [6, 6.07) is 17.4. The Hall–Kier alpha value is -4.40. The van der Waals surface area contributed by atoms with Gasteiger partial charge in [-0.2, -0.15) is 0 Å². The largest absolute Gasteiger partial charge is 0.352 e. The van der Waals surface area contributed by atoms with Gasteiger partial charge in [0.05, 0.1) is 10.4 Å². The van der Waals surface area contributed by atoms with Crippen LogP contribution >= 0.6 is 0 Å². The molecule has 9 nitrogen and oxygen atoms in total. The number of hydrogen-bond donors (Lipinski definition) is 0. The van der Waals surface area contributed by atoms with Crippen LogP contribution in [0.5, 0.6) is 0 Å². The summed E-state index contributed by atoms with van der Waals surface area (Å²) in [5, 5.41) is 11.8. The Kier molecular flexibility index (Phi) is 5.35. The second kappa shape index (κ2) is 8.62. The number of nitro benzene ring substituents is 1. The molecule has 9 heteroatoms. The standard InChI is InChI=1S/C24H20N6O3/c31-24(17-7-9-19(10-8-17)30(32)33)29-14-12-28(13-15-29)23-20-5-1-2-6-21(20)26-22(27-23)18-4-3-11-25-16-18/h1-11,16H,12-15H2. The lowest BCUT2D eigenvalue weighted by atomic mass is 10.1. The summed E-state index contributed by atoms with van der Waals surface area (Å²) in [5.74, 6) is 1.32. The van der Waals surface area contributed by atoms with E-state index in [2.05, 4.69) is 9.88 Å². The number of anilines is 1. The van der Waals surface area contributed by atoms with Crippen molar-refractivity contribution in [3.8, 4) is 11.4 Å². The molecule has 5 rings (SSSR count). The van der Waals surface area contributed by atoms with Gasteiger partial charge in [0.1, 0.15) is 5.82 Å². The molecule has 2 aromatic carbocycles. The number of piperazine rings is 1. The van der Waals surface area contributed by atoms with Crippen LogP contribution in [0.15, 0.2) is 73.1 Å². The summed E-state index contributed by atoms with van der Waals surface area (Å²) in [6.45, 7) is 2.28. The first kappa shape index (κ1) is 20.5. The molecule has 0 aliphatic carbocycles. The van der Waals surface area contributed by atoms with E-state index in [0.29, 0.717) is 37.6 Å². The van der Waals surface area contributed by atoms with Crippen LogP contribution in [0.3, 0.4) is 0 Å². The summed E-state index contributed by atoms with van der Waals surface area (Å²) in [4.78, 5) is 40.9. The van der Waals surface area contributed by atoms with Crippen LogP contribution < -0.4 is 4.90 Å². The molecule has 164 valence electrons. The number of aromatic nitrogens is 3. The summed E-state index contributed by atoms with van der Waals surface area (Å²) >= 11 is 0. The van der Waals surface area contributed by atoms with E-state index in [1.54, 1.807) is 17.3 Å². The molecule has 1 fully saturated rings. The number of benzene rings is 2. The summed E-state index contributed by atoms with van der Waals surface area (Å²) in [5.41, 5.74) is 2.11. The van der Waals surface area contributed by atoms with Gasteiger partial charge in [-0.3, -0.25) is 19.9 Å². The van der Waals surface area contributed by atoms with Crippen molar-refractivity contribution in [2.45, 2.75) is 0 Å². The van der Waals surface area contributed by atoms with Crippen LogP contribution in [0.25, 0.3) is 22.3 Å². The highest BCUT2D eigenvalue weighted by atomic mass is 16.6. The lowest BCUT2D eigenvalue weighted by Gasteiger charge is -2.36. The molecule has 0 atom stereocenters. The van der Waals surface area contributed by atoms with Crippen molar-refractivity contribution >= 4 is 28.3 Å². The van der Waals surface area contributed by atoms with Crippen molar-refractivity contribution in [3.63, 3.8) is 0 Å². The summed E-state index contributed by atoms with van der Waals surface area (Å²) in [7, 11) is 0. The average molecular weight is 440 g/mol. The Morgan fingerprint density at radius 1 is 0.909 bits per heavy atom. The predicted octanol–water partition coefficient (Wildman–Crippen LogP) is 3.56. The highest BCUT2D eigenvalue weighted by Gasteiger charge is 2.25. The molecule has 1 aliphatic rings. The highest BCUT2D eigenvalue weighted by Crippen LogP contribution is 2.28. The number of rotatable bonds is 4. The van der Waals surface area contributed by atoms with E-state index in [0.717, 1.165) is 22.3 Å². The Morgan fingerprint density at radius 3 is 2.36 bits per heavy atom. The highest BCUT2D eigenvalue weighted by molar-refractivity contribution is 5.95. The Balaban J connectivity index is 1.38. The van der Waals surface area contributed by atoms with Crippen molar-refractivity contribution in [3.05, 3.63) is 88.7 Å². The molecule has 2 aromatic heterocycles. The van der Waals surface area contributed by atoms with Gasteiger partial charge in [0.15, 0.2) is 5.82 Å². The monoisotopic (exact) mass is 440 g/mol. The van der Waals surface area contributed by atoms with Crippen LogP contribution in [0, 0.1) is 10.1 Å². The lowest BCUT2D eigenvalue weighted by Crippen LogP contribution is -2.49. The number of carbonyl (C=O) groups is 1. The van der Waals surface area contributed by atoms with Gasteiger partial charge in [0.2, 0.25) is 0 Å². The van der Waals surface area contributed by atoms with Crippen molar-refractivity contribution < 1.29 is 9.72 Å². The molecule has 1 saturated heterocycles. The first-order valence-electron chi connectivity index (χ1n) is 10.6. The number of nitrogens with zero attached hydrogens (tertiary/aromatic N) is 6. The van der Waals surface area contributed by atoms with E-state index in [-0.39, 0.29) is 11.6 Å². The van der Waals surface area contributed by atoms with E-state index in [4.69, 9.17) is 9.97 Å². The Labute approximate surface area is 189 Å². The predicted molar refractivity (Wildman–Crippen MR) is 124 cm³/mol. The van der Waals surface area contributed by atoms with Crippen LogP contribution in [-0.4, -0.2) is 56.9 Å². The molecule has 1 amide bonds. The number of pyridine rings is 1. The second-order valence-corrected chi connectivity index (χ2v) is 7.71. The first-order chi connectivity index (χ1) is 16.1. The number of fused-ring (bicyclic) bond motifs is 1. The minimum Gasteiger partial charge on any atom is -0.352 e. The second-order valence-electron chi connectivity index (χ2n) is 7.71. The van der Waals surface area contributed by atoms with E-state index in [1.165, 1.54) is 24.3 Å². The van der Waals surface area contributed by atoms with Gasteiger partial charge < -0.3 is 9.80 Å². The molecule has 1 aliphatic heterocycles. The number of nitro groups is 1. The minimum atomic E-state index is -0.473. The van der Waals surface area contributed by atoms with Crippen molar-refractivity contribution in [1.29, 1.82) is 0 Å². The van der Waals surface area contributed by atoms with Gasteiger partial charge in [0.25, 0.3) is 11.6 Å². The Morgan fingerprint density at radius 2 is 1.67 bits per heavy atom. The topological polar surface area (TPSA) is 105 Å². The fourth-order valence-corrected chi connectivity index (χ4v) is 3.95. The summed E-state index contributed by atoms with van der Waals surface area (Å²) < 4.78 is 0. The lowest BCUT2D eigenvalue weighted by molar-refractivity contribution is -0.384. The fraction of sp³-hybridized carbons (Fsp3) is 0.167. The van der Waals surface area contributed by atoms with Gasteiger partial charge in [-0.1, -0.05) is 12.1 Å². The molecule has 0 bridgehead atoms. The molecule has 0 radical (unpaired) electrons. The van der Waals surface area contributed by atoms with Gasteiger partial charge in [-0.25, -0.2) is 9.97 Å². The number of non-ortho nitro benzene ring substituents is 1.